The van der Waals surface area contributed by atoms with E-state index in [1.165, 1.54) is 7.11 Å². The zero-order valence-electron chi connectivity index (χ0n) is 12.2. The van der Waals surface area contributed by atoms with Gasteiger partial charge in [0, 0.05) is 20.0 Å². The molecule has 22 heavy (non-hydrogen) atoms. The molecule has 0 unspecified atom stereocenters. The quantitative estimate of drug-likeness (QED) is 0.543. The summed E-state index contributed by atoms with van der Waals surface area (Å²) in [6, 6.07) is 8.75. The van der Waals surface area contributed by atoms with E-state index in [0.29, 0.717) is 0 Å². The van der Waals surface area contributed by atoms with Gasteiger partial charge in [-0.3, -0.25) is 4.79 Å². The number of rotatable bonds is 9. The molecule has 1 rings (SSSR count). The topological polar surface area (TPSA) is 107 Å². The number of ether oxygens (including phenoxy) is 1. The molecule has 118 valence electrons. The molecular formula is C16H16O6-2. The minimum absolute atomic E-state index is 0.00691. The molecule has 0 bridgehead atoms. The largest absolute Gasteiger partial charge is 0.545 e. The molecule has 1 aromatic carbocycles. The summed E-state index contributed by atoms with van der Waals surface area (Å²) in [6.45, 7) is 0.00691. The lowest BCUT2D eigenvalue weighted by Crippen LogP contribution is -2.33. The molecule has 0 N–H and O–H groups in total. The van der Waals surface area contributed by atoms with E-state index in [2.05, 4.69) is 0 Å². The van der Waals surface area contributed by atoms with Crippen LogP contribution in [0, 0.1) is 0 Å². The van der Waals surface area contributed by atoms with Gasteiger partial charge in [0.05, 0.1) is 18.5 Å². The molecule has 0 amide bonds. The van der Waals surface area contributed by atoms with Crippen LogP contribution in [0.2, 0.25) is 0 Å². The molecule has 0 aliphatic rings. The third-order valence-electron chi connectivity index (χ3n) is 3.03. The molecule has 0 aliphatic heterocycles. The first kappa shape index (κ1) is 17.6. The maximum atomic E-state index is 12.0. The van der Waals surface area contributed by atoms with Crippen LogP contribution in [0.25, 0.3) is 0 Å². The highest BCUT2D eigenvalue weighted by Gasteiger charge is 2.14. The van der Waals surface area contributed by atoms with E-state index in [1.54, 1.807) is 30.3 Å². The van der Waals surface area contributed by atoms with Crippen molar-refractivity contribution in [3.63, 3.8) is 0 Å². The van der Waals surface area contributed by atoms with Crippen LogP contribution in [0.1, 0.15) is 18.4 Å². The van der Waals surface area contributed by atoms with Crippen LogP contribution < -0.4 is 10.2 Å². The average Bonchev–Trinajstić information content (AvgIpc) is 2.47. The van der Waals surface area contributed by atoms with Crippen molar-refractivity contribution in [3.8, 4) is 0 Å². The normalized spacial score (nSPS) is 11.7. The molecule has 0 aromatic heterocycles. The number of carbonyl (C=O) groups excluding carboxylic acids is 3. The van der Waals surface area contributed by atoms with Crippen LogP contribution in [0.5, 0.6) is 0 Å². The number of aliphatic carboxylic acids is 2. The molecule has 6 heteroatoms. The SMILES string of the molecule is COCC/C(C(=O)[O-])=C(/CC(=O)Cc1ccccc1)C(=O)[O-]. The Balaban J connectivity index is 2.92. The lowest BCUT2D eigenvalue weighted by atomic mass is 9.97. The van der Waals surface area contributed by atoms with E-state index < -0.39 is 35.3 Å². The average molecular weight is 304 g/mol. The predicted octanol–water partition coefficient (Wildman–Crippen LogP) is -0.979. The molecule has 0 saturated carbocycles. The maximum absolute atomic E-state index is 12.0. The molecule has 0 saturated heterocycles. The second kappa shape index (κ2) is 8.74. The maximum Gasteiger partial charge on any atom is 0.141 e. The third kappa shape index (κ3) is 5.49. The second-order valence-corrected chi connectivity index (χ2v) is 4.65. The molecule has 0 heterocycles. The number of carboxylic acids is 2. The summed E-state index contributed by atoms with van der Waals surface area (Å²) in [5, 5.41) is 22.2. The van der Waals surface area contributed by atoms with Crippen LogP contribution in [-0.2, 0) is 25.5 Å². The Kier molecular flexibility index (Phi) is 6.98. The zero-order chi connectivity index (χ0) is 16.5. The molecule has 0 radical (unpaired) electrons. The van der Waals surface area contributed by atoms with Gasteiger partial charge in [-0.1, -0.05) is 30.3 Å². The Morgan fingerprint density at radius 3 is 2.09 bits per heavy atom. The number of ketones is 1. The lowest BCUT2D eigenvalue weighted by Gasteiger charge is -2.17. The monoisotopic (exact) mass is 304 g/mol. The van der Waals surface area contributed by atoms with Crippen LogP contribution in [0.4, 0.5) is 0 Å². The van der Waals surface area contributed by atoms with Gasteiger partial charge in [-0.05, 0) is 23.1 Å². The third-order valence-corrected chi connectivity index (χ3v) is 3.03. The predicted molar refractivity (Wildman–Crippen MR) is 73.3 cm³/mol. The van der Waals surface area contributed by atoms with Crippen molar-refractivity contribution in [2.24, 2.45) is 0 Å². The smallest absolute Gasteiger partial charge is 0.141 e. The van der Waals surface area contributed by atoms with E-state index in [4.69, 9.17) is 4.74 Å². The van der Waals surface area contributed by atoms with Crippen molar-refractivity contribution >= 4 is 17.7 Å². The Bertz CT molecular complexity index is 574. The number of Topliss-reactive ketones (excluding diaryl/α,β-unsaturated/α-hetero) is 1. The number of methoxy groups -OCH3 is 1. The lowest BCUT2D eigenvalue weighted by molar-refractivity contribution is -0.304. The van der Waals surface area contributed by atoms with Crippen molar-refractivity contribution in [2.75, 3.05) is 13.7 Å². The van der Waals surface area contributed by atoms with Crippen molar-refractivity contribution < 1.29 is 29.3 Å². The minimum Gasteiger partial charge on any atom is -0.545 e. The standard InChI is InChI=1S/C16H18O6/c1-22-8-7-13(15(18)19)14(16(20)21)10-12(17)9-11-5-3-2-4-6-11/h2-6H,7-10H2,1H3,(H,18,19)(H,20,21)/p-2/b14-13+. The summed E-state index contributed by atoms with van der Waals surface area (Å²) in [4.78, 5) is 34.2. The summed E-state index contributed by atoms with van der Waals surface area (Å²) in [7, 11) is 1.35. The first-order valence-corrected chi connectivity index (χ1v) is 6.65. The molecule has 6 nitrogen and oxygen atoms in total. The Labute approximate surface area is 128 Å². The first-order chi connectivity index (χ1) is 10.5. The van der Waals surface area contributed by atoms with Gasteiger partial charge < -0.3 is 24.5 Å². The molecule has 0 aliphatic carbocycles. The highest BCUT2D eigenvalue weighted by Crippen LogP contribution is 2.14. The highest BCUT2D eigenvalue weighted by molar-refractivity contribution is 6.01. The van der Waals surface area contributed by atoms with Crippen LogP contribution in [-0.4, -0.2) is 31.4 Å². The van der Waals surface area contributed by atoms with Gasteiger partial charge in [-0.25, -0.2) is 0 Å². The van der Waals surface area contributed by atoms with Crippen LogP contribution in [0.3, 0.4) is 0 Å². The van der Waals surface area contributed by atoms with E-state index in [0.717, 1.165) is 5.56 Å². The number of hydrogen-bond donors (Lipinski definition) is 0. The summed E-state index contributed by atoms with van der Waals surface area (Å²) < 4.78 is 4.73. The van der Waals surface area contributed by atoms with Gasteiger partial charge in [0.25, 0.3) is 0 Å². The first-order valence-electron chi connectivity index (χ1n) is 6.65. The van der Waals surface area contributed by atoms with Gasteiger partial charge in [-0.15, -0.1) is 0 Å². The van der Waals surface area contributed by atoms with Crippen molar-refractivity contribution in [2.45, 2.75) is 19.3 Å². The Hall–Kier alpha value is -2.47. The van der Waals surface area contributed by atoms with Gasteiger partial charge >= 0.3 is 0 Å². The molecule has 0 spiro atoms. The zero-order valence-corrected chi connectivity index (χ0v) is 12.2. The summed E-state index contributed by atoms with van der Waals surface area (Å²) in [5.74, 6) is -3.73. The number of benzene rings is 1. The molecule has 0 fully saturated rings. The Morgan fingerprint density at radius 1 is 1.00 bits per heavy atom. The van der Waals surface area contributed by atoms with E-state index in [9.17, 15) is 24.6 Å². The van der Waals surface area contributed by atoms with E-state index in [1.807, 2.05) is 0 Å². The summed E-state index contributed by atoms with van der Waals surface area (Å²) >= 11 is 0. The van der Waals surface area contributed by atoms with Crippen LogP contribution in [0.15, 0.2) is 41.5 Å². The number of hydrogen-bond acceptors (Lipinski definition) is 6. The van der Waals surface area contributed by atoms with Gasteiger partial charge in [0.2, 0.25) is 0 Å². The van der Waals surface area contributed by atoms with Crippen molar-refractivity contribution in [1.82, 2.24) is 0 Å². The minimum atomic E-state index is -1.68. The highest BCUT2D eigenvalue weighted by atomic mass is 16.5. The van der Waals surface area contributed by atoms with Gasteiger partial charge in [0.1, 0.15) is 5.78 Å². The Morgan fingerprint density at radius 2 is 1.59 bits per heavy atom. The number of carbonyl (C=O) groups is 3. The fourth-order valence-electron chi connectivity index (χ4n) is 1.97. The summed E-state index contributed by atoms with van der Waals surface area (Å²) in [5.41, 5.74) is -0.307. The van der Waals surface area contributed by atoms with Crippen molar-refractivity contribution in [3.05, 3.63) is 47.0 Å². The van der Waals surface area contributed by atoms with E-state index in [-0.39, 0.29) is 19.4 Å². The number of carboxylic acid groups (broad SMARTS) is 2. The fourth-order valence-corrected chi connectivity index (χ4v) is 1.97. The van der Waals surface area contributed by atoms with Crippen molar-refractivity contribution in [1.29, 1.82) is 0 Å². The molecular weight excluding hydrogens is 288 g/mol. The summed E-state index contributed by atoms with van der Waals surface area (Å²) in [6.07, 6.45) is -0.673. The second-order valence-electron chi connectivity index (χ2n) is 4.65. The van der Waals surface area contributed by atoms with Gasteiger partial charge in [-0.2, -0.15) is 0 Å². The fraction of sp³-hybridized carbons (Fsp3) is 0.312. The van der Waals surface area contributed by atoms with E-state index >= 15 is 0 Å². The molecule has 0 atom stereocenters. The van der Waals surface area contributed by atoms with Crippen LogP contribution >= 0.6 is 0 Å². The van der Waals surface area contributed by atoms with Gasteiger partial charge in [0.15, 0.2) is 0 Å². The molecule has 1 aromatic rings.